The lowest BCUT2D eigenvalue weighted by Crippen LogP contribution is -2.27. The molecule has 0 atom stereocenters. The average Bonchev–Trinajstić information content (AvgIpc) is 2.51. The molecule has 0 aliphatic heterocycles. The molecule has 0 unspecified atom stereocenters. The zero-order valence-electron chi connectivity index (χ0n) is 12.5. The van der Waals surface area contributed by atoms with Gasteiger partial charge in [0.1, 0.15) is 5.75 Å². The number of phenolic OH excluding ortho intramolecular Hbond substituents is 1. The van der Waals surface area contributed by atoms with Gasteiger partial charge < -0.3 is 19.9 Å². The Kier molecular flexibility index (Phi) is 8.44. The number of azide groups is 1. The van der Waals surface area contributed by atoms with Crippen molar-refractivity contribution in [2.24, 2.45) is 5.11 Å². The Hall–Kier alpha value is -2.28. The zero-order chi connectivity index (χ0) is 16.2. The van der Waals surface area contributed by atoms with E-state index in [4.69, 9.17) is 15.0 Å². The maximum atomic E-state index is 11.7. The van der Waals surface area contributed by atoms with E-state index >= 15 is 0 Å². The Bertz CT molecular complexity index is 530. The molecule has 0 aromatic heterocycles. The Morgan fingerprint density at radius 1 is 1.41 bits per heavy atom. The number of nitrogens with one attached hydrogen (secondary N) is 1. The first-order valence-corrected chi connectivity index (χ1v) is 6.87. The molecule has 1 amide bonds. The number of aryl methyl sites for hydroxylation is 1. The van der Waals surface area contributed by atoms with Gasteiger partial charge in [-0.3, -0.25) is 4.79 Å². The van der Waals surface area contributed by atoms with E-state index in [0.717, 1.165) is 5.56 Å². The maximum absolute atomic E-state index is 11.7. The van der Waals surface area contributed by atoms with Crippen LogP contribution in [0.15, 0.2) is 23.3 Å². The molecule has 0 bridgehead atoms. The molecule has 0 aliphatic rings. The van der Waals surface area contributed by atoms with Crippen LogP contribution in [0.2, 0.25) is 0 Å². The smallest absolute Gasteiger partial charge is 0.220 e. The fraction of sp³-hybridized carbons (Fsp3) is 0.500. The van der Waals surface area contributed by atoms with Gasteiger partial charge in [0.05, 0.1) is 25.5 Å². The van der Waals surface area contributed by atoms with E-state index < -0.39 is 0 Å². The molecule has 0 aliphatic carbocycles. The molecule has 1 aromatic rings. The SMILES string of the molecule is COCCOCCNC(=O)CCc1ccc(O)c(N=[N+]=[N-])c1. The van der Waals surface area contributed by atoms with E-state index in [0.29, 0.717) is 39.2 Å². The van der Waals surface area contributed by atoms with Crippen molar-refractivity contribution in [1.29, 1.82) is 0 Å². The summed E-state index contributed by atoms with van der Waals surface area (Å²) in [5.74, 6) is -0.173. The molecule has 22 heavy (non-hydrogen) atoms. The van der Waals surface area contributed by atoms with Gasteiger partial charge in [-0.25, -0.2) is 0 Å². The first-order chi connectivity index (χ1) is 10.7. The lowest BCUT2D eigenvalue weighted by atomic mass is 10.1. The molecule has 0 spiro atoms. The Morgan fingerprint density at radius 2 is 2.23 bits per heavy atom. The number of amides is 1. The van der Waals surface area contributed by atoms with Gasteiger partial charge in [0.25, 0.3) is 0 Å². The van der Waals surface area contributed by atoms with Crippen molar-refractivity contribution in [2.45, 2.75) is 12.8 Å². The van der Waals surface area contributed by atoms with Crippen molar-refractivity contribution in [3.8, 4) is 5.75 Å². The molecule has 120 valence electrons. The van der Waals surface area contributed by atoms with Crippen LogP contribution in [0.25, 0.3) is 10.4 Å². The summed E-state index contributed by atoms with van der Waals surface area (Å²) in [6.45, 7) is 1.92. The van der Waals surface area contributed by atoms with Crippen LogP contribution in [0.5, 0.6) is 5.75 Å². The van der Waals surface area contributed by atoms with Gasteiger partial charge in [-0.1, -0.05) is 11.2 Å². The number of rotatable bonds is 10. The fourth-order valence-corrected chi connectivity index (χ4v) is 1.71. The second kappa shape index (κ2) is 10.4. The number of aromatic hydroxyl groups is 1. The van der Waals surface area contributed by atoms with E-state index in [1.54, 1.807) is 19.2 Å². The first-order valence-electron chi connectivity index (χ1n) is 6.87. The first kappa shape index (κ1) is 17.8. The number of phenols is 1. The molecule has 0 radical (unpaired) electrons. The van der Waals surface area contributed by atoms with Crippen LogP contribution >= 0.6 is 0 Å². The van der Waals surface area contributed by atoms with E-state index in [-0.39, 0.29) is 17.3 Å². The van der Waals surface area contributed by atoms with Crippen LogP contribution in [-0.4, -0.2) is 44.5 Å². The lowest BCUT2D eigenvalue weighted by Gasteiger charge is -2.07. The summed E-state index contributed by atoms with van der Waals surface area (Å²) in [5.41, 5.74) is 9.36. The molecular weight excluding hydrogens is 288 g/mol. The second-order valence-corrected chi connectivity index (χ2v) is 4.47. The van der Waals surface area contributed by atoms with Crippen molar-refractivity contribution < 1.29 is 19.4 Å². The largest absolute Gasteiger partial charge is 0.507 e. The normalized spacial score (nSPS) is 10.0. The van der Waals surface area contributed by atoms with Gasteiger partial charge in [0.15, 0.2) is 0 Å². The molecule has 8 nitrogen and oxygen atoms in total. The highest BCUT2D eigenvalue weighted by molar-refractivity contribution is 5.76. The number of nitrogens with zero attached hydrogens (tertiary/aromatic N) is 3. The van der Waals surface area contributed by atoms with Gasteiger partial charge >= 0.3 is 0 Å². The van der Waals surface area contributed by atoms with Gasteiger partial charge in [0.2, 0.25) is 5.91 Å². The van der Waals surface area contributed by atoms with Crippen molar-refractivity contribution in [1.82, 2.24) is 5.32 Å². The molecule has 0 fully saturated rings. The van der Waals surface area contributed by atoms with Crippen LogP contribution in [0.4, 0.5) is 5.69 Å². The lowest BCUT2D eigenvalue weighted by molar-refractivity contribution is -0.121. The minimum absolute atomic E-state index is 0.0841. The highest BCUT2D eigenvalue weighted by Gasteiger charge is 2.04. The summed E-state index contributed by atoms with van der Waals surface area (Å²) in [4.78, 5) is 14.3. The number of carbonyl (C=O) groups is 1. The number of hydrogen-bond acceptors (Lipinski definition) is 5. The fourth-order valence-electron chi connectivity index (χ4n) is 1.71. The average molecular weight is 308 g/mol. The van der Waals surface area contributed by atoms with Gasteiger partial charge in [-0.15, -0.1) is 0 Å². The summed E-state index contributed by atoms with van der Waals surface area (Å²) >= 11 is 0. The Balaban J connectivity index is 2.29. The Labute approximate surface area is 128 Å². The third-order valence-electron chi connectivity index (χ3n) is 2.83. The number of benzene rings is 1. The predicted octanol–water partition coefficient (Wildman–Crippen LogP) is 2.05. The van der Waals surface area contributed by atoms with Crippen LogP contribution in [0.3, 0.4) is 0 Å². The zero-order valence-corrected chi connectivity index (χ0v) is 12.5. The summed E-state index contributed by atoms with van der Waals surface area (Å²) in [5, 5.41) is 15.6. The molecule has 0 saturated carbocycles. The maximum Gasteiger partial charge on any atom is 0.220 e. The summed E-state index contributed by atoms with van der Waals surface area (Å²) < 4.78 is 10.1. The number of ether oxygens (including phenoxy) is 2. The minimum Gasteiger partial charge on any atom is -0.507 e. The Morgan fingerprint density at radius 3 is 2.95 bits per heavy atom. The van der Waals surface area contributed by atoms with Gasteiger partial charge in [0, 0.05) is 25.0 Å². The molecule has 0 heterocycles. The number of carbonyl (C=O) groups excluding carboxylic acids is 1. The van der Waals surface area contributed by atoms with Gasteiger partial charge in [-0.05, 0) is 29.6 Å². The van der Waals surface area contributed by atoms with Crippen LogP contribution in [0.1, 0.15) is 12.0 Å². The molecule has 1 rings (SSSR count). The van der Waals surface area contributed by atoms with Crippen LogP contribution in [-0.2, 0) is 20.7 Å². The van der Waals surface area contributed by atoms with E-state index in [1.165, 1.54) is 6.07 Å². The summed E-state index contributed by atoms with van der Waals surface area (Å²) in [6, 6.07) is 4.70. The second-order valence-electron chi connectivity index (χ2n) is 4.47. The van der Waals surface area contributed by atoms with Crippen molar-refractivity contribution in [3.05, 3.63) is 34.2 Å². The topological polar surface area (TPSA) is 117 Å². The predicted molar refractivity (Wildman–Crippen MR) is 80.9 cm³/mol. The van der Waals surface area contributed by atoms with Crippen molar-refractivity contribution in [3.63, 3.8) is 0 Å². The highest BCUT2D eigenvalue weighted by Crippen LogP contribution is 2.27. The van der Waals surface area contributed by atoms with Gasteiger partial charge in [-0.2, -0.15) is 0 Å². The number of hydrogen-bond donors (Lipinski definition) is 2. The molecule has 0 saturated heterocycles. The number of methoxy groups -OCH3 is 1. The summed E-state index contributed by atoms with van der Waals surface area (Å²) in [7, 11) is 1.60. The van der Waals surface area contributed by atoms with Crippen molar-refractivity contribution in [2.75, 3.05) is 33.5 Å². The molecule has 1 aromatic carbocycles. The molecular formula is C14H20N4O4. The van der Waals surface area contributed by atoms with E-state index in [1.807, 2.05) is 0 Å². The van der Waals surface area contributed by atoms with Crippen LogP contribution < -0.4 is 5.32 Å². The minimum atomic E-state index is -0.0891. The monoisotopic (exact) mass is 308 g/mol. The third-order valence-corrected chi connectivity index (χ3v) is 2.83. The quantitative estimate of drug-likeness (QED) is 0.298. The van der Waals surface area contributed by atoms with Crippen molar-refractivity contribution >= 4 is 11.6 Å². The third kappa shape index (κ3) is 6.94. The molecule has 8 heteroatoms. The molecule has 2 N–H and O–H groups in total. The van der Waals surface area contributed by atoms with Crippen LogP contribution in [0, 0.1) is 0 Å². The van der Waals surface area contributed by atoms with E-state index in [9.17, 15) is 9.90 Å². The summed E-state index contributed by atoms with van der Waals surface area (Å²) in [6.07, 6.45) is 0.795. The highest BCUT2D eigenvalue weighted by atomic mass is 16.5. The van der Waals surface area contributed by atoms with E-state index in [2.05, 4.69) is 15.3 Å². The standard InChI is InChI=1S/C14H20N4O4/c1-21-8-9-22-7-6-16-14(20)5-3-11-2-4-13(19)12(10-11)17-18-15/h2,4,10,19H,3,5-9H2,1H3,(H,16,20).